The molecule has 0 spiro atoms. The number of rotatable bonds is 3. The smallest absolute Gasteiger partial charge is 0.427 e. The van der Waals surface area contributed by atoms with Crippen LogP contribution in [0.15, 0.2) is 28.4 Å². The van der Waals surface area contributed by atoms with Crippen LogP contribution in [0.2, 0.25) is 0 Å². The van der Waals surface area contributed by atoms with Gasteiger partial charge in [-0.05, 0) is 93.0 Å². The fourth-order valence-corrected chi connectivity index (χ4v) is 7.12. The number of aliphatic hydroxyl groups is 1. The Labute approximate surface area is 174 Å². The van der Waals surface area contributed by atoms with Crippen molar-refractivity contribution in [3.05, 3.63) is 23.3 Å². The maximum Gasteiger partial charge on any atom is 0.427 e. The van der Waals surface area contributed by atoms with E-state index in [1.165, 1.54) is 24.0 Å². The summed E-state index contributed by atoms with van der Waals surface area (Å²) in [5.74, 6) is 2.04. The third-order valence-corrected chi connectivity index (χ3v) is 8.64. The van der Waals surface area contributed by atoms with Crippen molar-refractivity contribution in [1.29, 1.82) is 0 Å². The molecule has 5 nitrogen and oxygen atoms in total. The number of amides is 1. The van der Waals surface area contributed by atoms with E-state index in [2.05, 4.69) is 36.5 Å². The second-order valence-electron chi connectivity index (χ2n) is 10.00. The van der Waals surface area contributed by atoms with Crippen molar-refractivity contribution in [3.8, 4) is 0 Å². The van der Waals surface area contributed by atoms with Crippen molar-refractivity contribution < 1.29 is 14.6 Å². The van der Waals surface area contributed by atoms with Gasteiger partial charge >= 0.3 is 6.09 Å². The third-order valence-electron chi connectivity index (χ3n) is 8.64. The van der Waals surface area contributed by atoms with Crippen LogP contribution in [0.1, 0.15) is 72.6 Å². The Hall–Kier alpha value is -1.62. The number of hydrogen-bond acceptors (Lipinski definition) is 4. The van der Waals surface area contributed by atoms with E-state index in [0.29, 0.717) is 18.4 Å². The molecule has 0 saturated heterocycles. The van der Waals surface area contributed by atoms with Crippen LogP contribution in [0.5, 0.6) is 0 Å². The first kappa shape index (κ1) is 20.6. The van der Waals surface area contributed by atoms with Gasteiger partial charge in [0, 0.05) is 0 Å². The minimum atomic E-state index is -0.492. The van der Waals surface area contributed by atoms with Crippen LogP contribution < -0.4 is 5.43 Å². The lowest BCUT2D eigenvalue weighted by molar-refractivity contribution is -0.0279. The van der Waals surface area contributed by atoms with E-state index in [0.717, 1.165) is 43.7 Å². The van der Waals surface area contributed by atoms with Gasteiger partial charge in [-0.25, -0.2) is 10.2 Å². The molecule has 6 atom stereocenters. The Morgan fingerprint density at radius 2 is 1.97 bits per heavy atom. The average Bonchev–Trinajstić information content (AvgIpc) is 3.04. The molecule has 29 heavy (non-hydrogen) atoms. The van der Waals surface area contributed by atoms with Crippen molar-refractivity contribution in [2.75, 3.05) is 6.61 Å². The molecule has 0 radical (unpaired) electrons. The Bertz CT molecular complexity index is 770. The summed E-state index contributed by atoms with van der Waals surface area (Å²) in [5.41, 5.74) is 6.64. The molecule has 0 aromatic heterocycles. The molecule has 0 bridgehead atoms. The number of hydrazone groups is 1. The number of nitrogens with zero attached hydrogens (tertiary/aromatic N) is 1. The Morgan fingerprint density at radius 3 is 2.72 bits per heavy atom. The minimum Gasteiger partial charge on any atom is -0.449 e. The van der Waals surface area contributed by atoms with Crippen LogP contribution in [0, 0.1) is 28.6 Å². The largest absolute Gasteiger partial charge is 0.449 e. The summed E-state index contributed by atoms with van der Waals surface area (Å²) in [6.45, 7) is 9.00. The molecule has 0 aromatic rings. The highest BCUT2D eigenvalue weighted by atomic mass is 16.5. The molecule has 4 aliphatic carbocycles. The van der Waals surface area contributed by atoms with E-state index >= 15 is 0 Å². The number of nitrogens with one attached hydrogen (secondary N) is 1. The number of aliphatic hydroxyl groups excluding tert-OH is 1. The third kappa shape index (κ3) is 3.35. The molecule has 2 fully saturated rings. The zero-order valence-electron chi connectivity index (χ0n) is 18.3. The first-order valence-electron chi connectivity index (χ1n) is 11.3. The molecule has 1 amide bonds. The zero-order chi connectivity index (χ0) is 20.8. The second-order valence-corrected chi connectivity index (χ2v) is 10.00. The van der Waals surface area contributed by atoms with Gasteiger partial charge in [-0.3, -0.25) is 0 Å². The maximum atomic E-state index is 11.6. The minimum absolute atomic E-state index is 0.126. The van der Waals surface area contributed by atoms with Crippen molar-refractivity contribution in [2.45, 2.75) is 78.7 Å². The first-order valence-corrected chi connectivity index (χ1v) is 11.3. The van der Waals surface area contributed by atoms with Crippen LogP contribution >= 0.6 is 0 Å². The number of allylic oxidation sites excluding steroid dienone is 3. The van der Waals surface area contributed by atoms with Crippen molar-refractivity contribution in [1.82, 2.24) is 5.43 Å². The monoisotopic (exact) mass is 400 g/mol. The first-order chi connectivity index (χ1) is 13.8. The van der Waals surface area contributed by atoms with Crippen LogP contribution in [-0.2, 0) is 4.74 Å². The summed E-state index contributed by atoms with van der Waals surface area (Å²) in [4.78, 5) is 11.6. The Balaban J connectivity index is 1.54. The summed E-state index contributed by atoms with van der Waals surface area (Å²) < 4.78 is 4.93. The summed E-state index contributed by atoms with van der Waals surface area (Å²) in [5, 5.41) is 14.5. The molecule has 0 aromatic carbocycles. The molecule has 160 valence electrons. The topological polar surface area (TPSA) is 70.9 Å². The van der Waals surface area contributed by atoms with Crippen molar-refractivity contribution >= 4 is 11.8 Å². The van der Waals surface area contributed by atoms with Gasteiger partial charge in [0.1, 0.15) is 0 Å². The molecule has 0 aliphatic heterocycles. The number of carbonyl (C=O) groups is 1. The molecule has 0 heterocycles. The van der Waals surface area contributed by atoms with Crippen LogP contribution in [0.4, 0.5) is 4.79 Å². The number of hydrogen-bond donors (Lipinski definition) is 2. The summed E-state index contributed by atoms with van der Waals surface area (Å²) in [7, 11) is 0. The summed E-state index contributed by atoms with van der Waals surface area (Å²) in [6.07, 6.45) is 11.8. The van der Waals surface area contributed by atoms with Crippen LogP contribution in [-0.4, -0.2) is 29.6 Å². The van der Waals surface area contributed by atoms with Gasteiger partial charge < -0.3 is 9.84 Å². The molecule has 4 rings (SSSR count). The standard InChI is InChI=1S/C24H36N2O3/c1-5-29-22(28)26-25-15(2)19-8-9-20-18-7-6-16-14-17(27)10-12-23(16,3)21(18)11-13-24(19,20)4/h6,8,17-18,20-21,27H,5,7,9-14H2,1-4H3,(H,26,28)/b25-15-/t17-,18+,20-,21+,23-,24+/m0/s1. The molecule has 0 unspecified atom stereocenters. The van der Waals surface area contributed by atoms with E-state index in [9.17, 15) is 9.90 Å². The number of carbonyl (C=O) groups excluding carboxylic acids is 1. The van der Waals surface area contributed by atoms with E-state index in [-0.39, 0.29) is 16.9 Å². The van der Waals surface area contributed by atoms with Gasteiger partial charge in [0.2, 0.25) is 0 Å². The lowest BCUT2D eigenvalue weighted by Crippen LogP contribution is -2.50. The highest BCUT2D eigenvalue weighted by molar-refractivity contribution is 6.00. The summed E-state index contributed by atoms with van der Waals surface area (Å²) >= 11 is 0. The van der Waals surface area contributed by atoms with Gasteiger partial charge in [0.15, 0.2) is 0 Å². The predicted octanol–water partition coefficient (Wildman–Crippen LogP) is 4.97. The normalized spacial score (nSPS) is 41.5. The van der Waals surface area contributed by atoms with E-state index in [1.54, 1.807) is 6.92 Å². The fourth-order valence-electron chi connectivity index (χ4n) is 7.12. The van der Waals surface area contributed by atoms with Crippen molar-refractivity contribution in [3.63, 3.8) is 0 Å². The van der Waals surface area contributed by atoms with Crippen molar-refractivity contribution in [2.24, 2.45) is 33.7 Å². The highest BCUT2D eigenvalue weighted by Gasteiger charge is 2.56. The molecular formula is C24H36N2O3. The zero-order valence-corrected chi connectivity index (χ0v) is 18.3. The maximum absolute atomic E-state index is 11.6. The van der Waals surface area contributed by atoms with Crippen LogP contribution in [0.25, 0.3) is 0 Å². The highest BCUT2D eigenvalue weighted by Crippen LogP contribution is 2.65. The molecule has 5 heteroatoms. The SMILES string of the molecule is CCOC(=O)N/N=C(/C)C1=CC[C@H]2[C@H]3CC=C4C[C@@H](O)CC[C@]4(C)[C@@H]3CC[C@]12C. The van der Waals surface area contributed by atoms with E-state index in [1.807, 2.05) is 6.92 Å². The number of ether oxygens (including phenoxy) is 1. The Kier molecular flexibility index (Phi) is 5.39. The van der Waals surface area contributed by atoms with Gasteiger partial charge in [0.25, 0.3) is 0 Å². The lowest BCUT2D eigenvalue weighted by atomic mass is 9.47. The summed E-state index contributed by atoms with van der Waals surface area (Å²) in [6, 6.07) is 0. The van der Waals surface area contributed by atoms with E-state index < -0.39 is 6.09 Å². The van der Waals surface area contributed by atoms with Gasteiger partial charge in [0.05, 0.1) is 18.4 Å². The predicted molar refractivity (Wildman–Crippen MR) is 114 cm³/mol. The average molecular weight is 401 g/mol. The lowest BCUT2D eigenvalue weighted by Gasteiger charge is -2.57. The molecule has 2 saturated carbocycles. The number of fused-ring (bicyclic) bond motifs is 5. The van der Waals surface area contributed by atoms with Gasteiger partial charge in [-0.2, -0.15) is 5.10 Å². The van der Waals surface area contributed by atoms with E-state index in [4.69, 9.17) is 4.74 Å². The molecular weight excluding hydrogens is 364 g/mol. The van der Waals surface area contributed by atoms with Gasteiger partial charge in [-0.15, -0.1) is 0 Å². The quantitative estimate of drug-likeness (QED) is 0.399. The Morgan fingerprint density at radius 1 is 1.21 bits per heavy atom. The fraction of sp³-hybridized carbons (Fsp3) is 0.750. The second kappa shape index (κ2) is 7.57. The van der Waals surface area contributed by atoms with Crippen LogP contribution in [0.3, 0.4) is 0 Å². The molecule has 4 aliphatic rings. The van der Waals surface area contributed by atoms with Gasteiger partial charge in [-0.1, -0.05) is 31.6 Å². The molecule has 2 N–H and O–H groups in total.